The Morgan fingerprint density at radius 3 is 2.13 bits per heavy atom. The Morgan fingerprint density at radius 2 is 1.80 bits per heavy atom. The van der Waals surface area contributed by atoms with Gasteiger partial charge in [-0.1, -0.05) is 58.5 Å². The van der Waals surface area contributed by atoms with E-state index in [2.05, 4.69) is 5.16 Å². The largest absolute Gasteiger partial charge is 0.361 e. The minimum Gasteiger partial charge on any atom is -0.361 e. The zero-order valence-electron chi connectivity index (χ0n) is 8.15. The third kappa shape index (κ3) is 1.22. The van der Waals surface area contributed by atoms with E-state index in [-0.39, 0.29) is 0 Å². The van der Waals surface area contributed by atoms with E-state index in [1.165, 1.54) is 0 Å². The van der Waals surface area contributed by atoms with Crippen LogP contribution in [0.1, 0.15) is 25.3 Å². The third-order valence-electron chi connectivity index (χ3n) is 3.01. The molecule has 2 nitrogen and oxygen atoms in total. The van der Waals surface area contributed by atoms with Crippen molar-refractivity contribution < 1.29 is 4.52 Å². The molecule has 0 aliphatic heterocycles. The van der Waals surface area contributed by atoms with E-state index >= 15 is 0 Å². The van der Waals surface area contributed by atoms with Gasteiger partial charge in [-0.25, -0.2) is 0 Å². The number of halogens is 4. The van der Waals surface area contributed by atoms with E-state index in [0.717, 1.165) is 12.2 Å². The summed E-state index contributed by atoms with van der Waals surface area (Å²) in [6.45, 7) is 3.73. The Morgan fingerprint density at radius 1 is 1.27 bits per heavy atom. The molecule has 0 aromatic carbocycles. The fourth-order valence-corrected chi connectivity index (χ4v) is 3.29. The number of hydrogen-bond acceptors (Lipinski definition) is 2. The average Bonchev–Trinajstić information content (AvgIpc) is 2.62. The number of nitrogens with zero attached hydrogens (tertiary/aromatic N) is 1. The van der Waals surface area contributed by atoms with Crippen molar-refractivity contribution in [2.75, 3.05) is 0 Å². The molecule has 0 radical (unpaired) electrons. The molecule has 0 unspecified atom stereocenters. The van der Waals surface area contributed by atoms with E-state index in [1.807, 2.05) is 6.92 Å². The number of alkyl halides is 4. The van der Waals surface area contributed by atoms with Crippen LogP contribution in [0.3, 0.4) is 0 Å². The highest BCUT2D eigenvalue weighted by Gasteiger charge is 2.86. The molecule has 1 saturated carbocycles. The van der Waals surface area contributed by atoms with Crippen LogP contribution in [0.5, 0.6) is 0 Å². The van der Waals surface area contributed by atoms with Crippen molar-refractivity contribution in [3.05, 3.63) is 17.5 Å². The fourth-order valence-electron chi connectivity index (χ4n) is 1.58. The summed E-state index contributed by atoms with van der Waals surface area (Å²) in [6.07, 6.45) is 0.748. The summed E-state index contributed by atoms with van der Waals surface area (Å²) in [5.41, 5.74) is -0.197. The zero-order valence-corrected chi connectivity index (χ0v) is 11.2. The van der Waals surface area contributed by atoms with Gasteiger partial charge >= 0.3 is 0 Å². The SMILES string of the molecule is CCc1cc(C2(C)C(Cl)(Cl)C2(Cl)Cl)no1. The fraction of sp³-hybridized carbons (Fsp3) is 0.667. The van der Waals surface area contributed by atoms with Gasteiger partial charge < -0.3 is 4.52 Å². The molecule has 2 rings (SSSR count). The van der Waals surface area contributed by atoms with Gasteiger partial charge in [0.1, 0.15) is 5.76 Å². The normalized spacial score (nSPS) is 25.2. The van der Waals surface area contributed by atoms with E-state index in [4.69, 9.17) is 50.9 Å². The molecule has 0 bridgehead atoms. The molecule has 0 saturated heterocycles. The molecule has 1 fully saturated rings. The van der Waals surface area contributed by atoms with Crippen LogP contribution in [0.15, 0.2) is 10.6 Å². The Hall–Kier alpha value is 0.370. The molecule has 15 heavy (non-hydrogen) atoms. The molecule has 0 amide bonds. The first-order chi connectivity index (χ1) is 6.79. The summed E-state index contributed by atoms with van der Waals surface area (Å²) in [6, 6.07) is 1.78. The van der Waals surface area contributed by atoms with Crippen molar-refractivity contribution in [3.8, 4) is 0 Å². The van der Waals surface area contributed by atoms with Crippen molar-refractivity contribution in [2.24, 2.45) is 0 Å². The van der Waals surface area contributed by atoms with Crippen molar-refractivity contribution in [1.29, 1.82) is 0 Å². The molecule has 1 aliphatic carbocycles. The van der Waals surface area contributed by atoms with Crippen LogP contribution >= 0.6 is 46.4 Å². The van der Waals surface area contributed by atoms with Gasteiger partial charge in [-0.15, -0.1) is 0 Å². The van der Waals surface area contributed by atoms with Gasteiger partial charge in [-0.3, -0.25) is 0 Å². The first kappa shape index (κ1) is 11.8. The third-order valence-corrected chi connectivity index (χ3v) is 6.04. The number of aryl methyl sites for hydroxylation is 1. The highest BCUT2D eigenvalue weighted by atomic mass is 35.5. The lowest BCUT2D eigenvalue weighted by Crippen LogP contribution is -2.12. The summed E-state index contributed by atoms with van der Waals surface area (Å²) >= 11 is 24.2. The maximum absolute atomic E-state index is 6.05. The molecular formula is C9H9Cl4NO. The highest BCUT2D eigenvalue weighted by Crippen LogP contribution is 2.77. The van der Waals surface area contributed by atoms with Gasteiger partial charge in [0.25, 0.3) is 0 Å². The van der Waals surface area contributed by atoms with Crippen LogP contribution in [0.2, 0.25) is 0 Å². The molecule has 0 spiro atoms. The second-order valence-electron chi connectivity index (χ2n) is 3.81. The minimum atomic E-state index is -1.23. The molecule has 1 aliphatic rings. The molecule has 84 valence electrons. The topological polar surface area (TPSA) is 26.0 Å². The molecule has 1 aromatic rings. The monoisotopic (exact) mass is 287 g/mol. The second kappa shape index (κ2) is 3.19. The van der Waals surface area contributed by atoms with E-state index in [0.29, 0.717) is 5.69 Å². The van der Waals surface area contributed by atoms with Crippen molar-refractivity contribution in [1.82, 2.24) is 5.16 Å². The maximum Gasteiger partial charge on any atom is 0.165 e. The number of aromatic nitrogens is 1. The van der Waals surface area contributed by atoms with Gasteiger partial charge in [0.05, 0.1) is 11.1 Å². The summed E-state index contributed by atoms with van der Waals surface area (Å²) in [5, 5.41) is 3.90. The predicted molar refractivity (Wildman–Crippen MR) is 62.1 cm³/mol. The van der Waals surface area contributed by atoms with Gasteiger partial charge in [0, 0.05) is 12.5 Å². The summed E-state index contributed by atoms with van der Waals surface area (Å²) in [5.74, 6) is 0.756. The van der Waals surface area contributed by atoms with Crippen molar-refractivity contribution in [3.63, 3.8) is 0 Å². The Balaban J connectivity index is 2.41. The lowest BCUT2D eigenvalue weighted by molar-refractivity contribution is 0.375. The maximum atomic E-state index is 6.05. The zero-order chi connectivity index (χ0) is 11.5. The Bertz CT molecular complexity index is 385. The van der Waals surface area contributed by atoms with Crippen LogP contribution in [-0.4, -0.2) is 13.8 Å². The number of hydrogen-bond donors (Lipinski definition) is 0. The quantitative estimate of drug-likeness (QED) is 0.773. The Kier molecular flexibility index (Phi) is 2.52. The average molecular weight is 289 g/mol. The van der Waals surface area contributed by atoms with E-state index in [1.54, 1.807) is 13.0 Å². The van der Waals surface area contributed by atoms with Crippen molar-refractivity contribution in [2.45, 2.75) is 34.3 Å². The lowest BCUT2D eigenvalue weighted by Gasteiger charge is -2.05. The molecule has 6 heteroatoms. The lowest BCUT2D eigenvalue weighted by atomic mass is 10.1. The van der Waals surface area contributed by atoms with Gasteiger partial charge in [-0.05, 0) is 6.92 Å². The first-order valence-corrected chi connectivity index (χ1v) is 6.02. The van der Waals surface area contributed by atoms with Crippen LogP contribution in [0, 0.1) is 0 Å². The van der Waals surface area contributed by atoms with E-state index < -0.39 is 14.1 Å². The summed E-state index contributed by atoms with van der Waals surface area (Å²) < 4.78 is 2.62. The summed E-state index contributed by atoms with van der Waals surface area (Å²) in [4.78, 5) is 0. The minimum absolute atomic E-state index is 0.592. The summed E-state index contributed by atoms with van der Waals surface area (Å²) in [7, 11) is 0. The molecule has 0 N–H and O–H groups in total. The van der Waals surface area contributed by atoms with Gasteiger partial charge in [-0.2, -0.15) is 0 Å². The van der Waals surface area contributed by atoms with Gasteiger partial charge in [0.15, 0.2) is 8.67 Å². The van der Waals surface area contributed by atoms with Crippen molar-refractivity contribution >= 4 is 46.4 Å². The van der Waals surface area contributed by atoms with Crippen LogP contribution in [-0.2, 0) is 11.8 Å². The van der Waals surface area contributed by atoms with Gasteiger partial charge in [0.2, 0.25) is 0 Å². The molecule has 1 aromatic heterocycles. The smallest absolute Gasteiger partial charge is 0.165 e. The van der Waals surface area contributed by atoms with Crippen LogP contribution in [0.4, 0.5) is 0 Å². The van der Waals surface area contributed by atoms with Crippen LogP contribution in [0.25, 0.3) is 0 Å². The standard InChI is InChI=1S/C9H9Cl4NO/c1-3-5-4-6(14-15-5)7(2)8(10,11)9(7,12)13/h4H,3H2,1-2H3. The predicted octanol–water partition coefficient (Wildman–Crippen LogP) is 3.86. The van der Waals surface area contributed by atoms with E-state index in [9.17, 15) is 0 Å². The Labute approximate surface area is 108 Å². The molecule has 0 atom stereocenters. The van der Waals surface area contributed by atoms with Crippen LogP contribution < -0.4 is 0 Å². The molecule has 1 heterocycles. The molecular weight excluding hydrogens is 280 g/mol. The number of rotatable bonds is 2. The second-order valence-corrected chi connectivity index (χ2v) is 6.46. The first-order valence-electron chi connectivity index (χ1n) is 4.50. The highest BCUT2D eigenvalue weighted by molar-refractivity contribution is 6.69.